The lowest BCUT2D eigenvalue weighted by Gasteiger charge is -2.37. The molecule has 0 radical (unpaired) electrons. The second kappa shape index (κ2) is 6.88. The van der Waals surface area contributed by atoms with Gasteiger partial charge in [0.25, 0.3) is 0 Å². The summed E-state index contributed by atoms with van der Waals surface area (Å²) in [7, 11) is 0. The minimum atomic E-state index is -0.274. The van der Waals surface area contributed by atoms with Gasteiger partial charge in [0.05, 0.1) is 35.6 Å². The van der Waals surface area contributed by atoms with Gasteiger partial charge in [-0.1, -0.05) is 12.1 Å². The molecule has 1 aliphatic carbocycles. The Hall–Kier alpha value is -2.73. The number of aliphatic hydroxyl groups is 1. The van der Waals surface area contributed by atoms with E-state index in [2.05, 4.69) is 15.3 Å². The van der Waals surface area contributed by atoms with E-state index in [-0.39, 0.29) is 30.4 Å². The van der Waals surface area contributed by atoms with E-state index < -0.39 is 0 Å². The summed E-state index contributed by atoms with van der Waals surface area (Å²) in [6, 6.07) is 11.3. The number of fused-ring (bicyclic) bond motifs is 1. The van der Waals surface area contributed by atoms with Crippen LogP contribution in [0.25, 0.3) is 5.65 Å². The van der Waals surface area contributed by atoms with Gasteiger partial charge in [0.1, 0.15) is 5.65 Å². The third-order valence-corrected chi connectivity index (χ3v) is 5.10. The fourth-order valence-electron chi connectivity index (χ4n) is 3.65. The molecule has 1 fully saturated rings. The molecule has 4 rings (SSSR count). The van der Waals surface area contributed by atoms with Crippen LogP contribution in [0.4, 0.5) is 0 Å². The van der Waals surface area contributed by atoms with E-state index in [0.717, 1.165) is 22.7 Å². The Morgan fingerprint density at radius 2 is 2.12 bits per heavy atom. The van der Waals surface area contributed by atoms with Crippen molar-refractivity contribution in [3.63, 3.8) is 0 Å². The summed E-state index contributed by atoms with van der Waals surface area (Å²) in [6.45, 7) is 1.92. The number of hydrogen-bond acceptors (Lipinski definition) is 4. The zero-order chi connectivity index (χ0) is 18.1. The number of pyridine rings is 2. The van der Waals surface area contributed by atoms with Gasteiger partial charge in [0.2, 0.25) is 5.91 Å². The number of amides is 1. The van der Waals surface area contributed by atoms with Crippen molar-refractivity contribution in [2.45, 2.75) is 38.3 Å². The standard InChI is InChI=1S/C20H22N4O2/c1-13-17(24-9-5-3-7-18(24)22-13)12-19(26)23-20(14-10-15(25)11-14)16-6-2-4-8-21-16/h2-9,14-15,20,25H,10-12H2,1H3,(H,23,26)/t14?,15?,20-/m0/s1. The molecule has 3 heterocycles. The SMILES string of the molecule is Cc1nc2ccccn2c1CC(=O)N[C@H](c1ccccn1)C1CC(O)C1. The van der Waals surface area contributed by atoms with E-state index in [4.69, 9.17) is 0 Å². The van der Waals surface area contributed by atoms with E-state index >= 15 is 0 Å². The topological polar surface area (TPSA) is 79.5 Å². The van der Waals surface area contributed by atoms with Crippen molar-refractivity contribution in [3.05, 3.63) is 65.9 Å². The number of nitrogens with one attached hydrogen (secondary N) is 1. The number of carbonyl (C=O) groups excluding carboxylic acids is 1. The van der Waals surface area contributed by atoms with Crippen molar-refractivity contribution < 1.29 is 9.90 Å². The highest BCUT2D eigenvalue weighted by Crippen LogP contribution is 2.37. The van der Waals surface area contributed by atoms with Gasteiger partial charge in [-0.05, 0) is 49.9 Å². The molecule has 26 heavy (non-hydrogen) atoms. The lowest BCUT2D eigenvalue weighted by Crippen LogP contribution is -2.42. The third kappa shape index (κ3) is 3.20. The van der Waals surface area contributed by atoms with Crippen molar-refractivity contribution in [2.75, 3.05) is 0 Å². The van der Waals surface area contributed by atoms with Crippen molar-refractivity contribution in [1.29, 1.82) is 0 Å². The van der Waals surface area contributed by atoms with Crippen LogP contribution in [0.1, 0.15) is 36.0 Å². The summed E-state index contributed by atoms with van der Waals surface area (Å²) in [5.74, 6) is 0.155. The number of aliphatic hydroxyl groups excluding tert-OH is 1. The monoisotopic (exact) mass is 350 g/mol. The van der Waals surface area contributed by atoms with E-state index in [0.29, 0.717) is 12.8 Å². The average molecular weight is 350 g/mol. The maximum absolute atomic E-state index is 12.8. The number of aryl methyl sites for hydroxylation is 1. The van der Waals surface area contributed by atoms with Crippen molar-refractivity contribution in [2.24, 2.45) is 5.92 Å². The summed E-state index contributed by atoms with van der Waals surface area (Å²) in [5, 5.41) is 12.8. The maximum Gasteiger partial charge on any atom is 0.226 e. The molecule has 6 heteroatoms. The fraction of sp³-hybridized carbons (Fsp3) is 0.350. The Labute approximate surface area is 151 Å². The number of hydrogen-bond donors (Lipinski definition) is 2. The minimum absolute atomic E-state index is 0.0594. The van der Waals surface area contributed by atoms with E-state index in [9.17, 15) is 9.90 Å². The molecule has 3 aromatic heterocycles. The van der Waals surface area contributed by atoms with Gasteiger partial charge in [0, 0.05) is 12.4 Å². The normalized spacial score (nSPS) is 20.5. The molecule has 2 N–H and O–H groups in total. The molecule has 134 valence electrons. The van der Waals surface area contributed by atoms with Crippen LogP contribution < -0.4 is 5.32 Å². The molecule has 1 saturated carbocycles. The molecule has 1 atom stereocenters. The first-order valence-corrected chi connectivity index (χ1v) is 8.92. The summed E-state index contributed by atoms with van der Waals surface area (Å²) in [4.78, 5) is 21.7. The summed E-state index contributed by atoms with van der Waals surface area (Å²) in [5.41, 5.74) is 3.44. The number of carbonyl (C=O) groups is 1. The molecular weight excluding hydrogens is 328 g/mol. The van der Waals surface area contributed by atoms with Gasteiger partial charge in [-0.25, -0.2) is 4.98 Å². The van der Waals surface area contributed by atoms with Crippen LogP contribution in [-0.2, 0) is 11.2 Å². The highest BCUT2D eigenvalue weighted by molar-refractivity contribution is 5.79. The number of rotatable bonds is 5. The molecule has 0 spiro atoms. The molecule has 1 aliphatic rings. The molecule has 0 aliphatic heterocycles. The van der Waals surface area contributed by atoms with Gasteiger partial charge in [-0.3, -0.25) is 9.78 Å². The van der Waals surface area contributed by atoms with Gasteiger partial charge >= 0.3 is 0 Å². The van der Waals surface area contributed by atoms with Crippen molar-refractivity contribution >= 4 is 11.6 Å². The summed E-state index contributed by atoms with van der Waals surface area (Å²) < 4.78 is 1.96. The second-order valence-corrected chi connectivity index (χ2v) is 6.93. The Balaban J connectivity index is 1.54. The lowest BCUT2D eigenvalue weighted by molar-refractivity contribution is -0.122. The quantitative estimate of drug-likeness (QED) is 0.739. The third-order valence-electron chi connectivity index (χ3n) is 5.10. The van der Waals surface area contributed by atoms with E-state index in [1.165, 1.54) is 0 Å². The molecule has 0 unspecified atom stereocenters. The van der Waals surface area contributed by atoms with Crippen LogP contribution in [0.3, 0.4) is 0 Å². The lowest BCUT2D eigenvalue weighted by atomic mass is 9.76. The van der Waals surface area contributed by atoms with Crippen molar-refractivity contribution in [1.82, 2.24) is 19.7 Å². The Kier molecular flexibility index (Phi) is 4.42. The number of imidazole rings is 1. The predicted octanol–water partition coefficient (Wildman–Crippen LogP) is 2.21. The molecule has 1 amide bonds. The molecular formula is C20H22N4O2. The largest absolute Gasteiger partial charge is 0.393 e. The van der Waals surface area contributed by atoms with Crippen molar-refractivity contribution in [3.8, 4) is 0 Å². The van der Waals surface area contributed by atoms with Gasteiger partial charge in [0.15, 0.2) is 0 Å². The molecule has 0 saturated heterocycles. The smallest absolute Gasteiger partial charge is 0.226 e. The highest BCUT2D eigenvalue weighted by Gasteiger charge is 2.36. The first-order chi connectivity index (χ1) is 12.6. The van der Waals surface area contributed by atoms with Crippen LogP contribution in [0.5, 0.6) is 0 Å². The van der Waals surface area contributed by atoms with E-state index in [1.807, 2.05) is 53.9 Å². The average Bonchev–Trinajstić information content (AvgIpc) is 2.94. The Bertz CT molecular complexity index is 916. The molecule has 0 aromatic carbocycles. The van der Waals surface area contributed by atoms with E-state index in [1.54, 1.807) is 6.20 Å². The van der Waals surface area contributed by atoms with Crippen LogP contribution in [0.15, 0.2) is 48.8 Å². The first-order valence-electron chi connectivity index (χ1n) is 8.92. The first kappa shape index (κ1) is 16.7. The number of aromatic nitrogens is 3. The highest BCUT2D eigenvalue weighted by atomic mass is 16.3. The van der Waals surface area contributed by atoms with Crippen LogP contribution in [0.2, 0.25) is 0 Å². The van der Waals surface area contributed by atoms with Crippen LogP contribution >= 0.6 is 0 Å². The Morgan fingerprint density at radius 1 is 1.31 bits per heavy atom. The number of nitrogens with zero attached hydrogens (tertiary/aromatic N) is 3. The minimum Gasteiger partial charge on any atom is -0.393 e. The fourth-order valence-corrected chi connectivity index (χ4v) is 3.65. The van der Waals surface area contributed by atoms with Crippen LogP contribution in [0, 0.1) is 12.8 Å². The zero-order valence-electron chi connectivity index (χ0n) is 14.7. The zero-order valence-corrected chi connectivity index (χ0v) is 14.7. The summed E-state index contributed by atoms with van der Waals surface area (Å²) >= 11 is 0. The molecule has 0 bridgehead atoms. The Morgan fingerprint density at radius 3 is 2.85 bits per heavy atom. The maximum atomic E-state index is 12.8. The molecule has 3 aromatic rings. The second-order valence-electron chi connectivity index (χ2n) is 6.93. The predicted molar refractivity (Wildman–Crippen MR) is 97.5 cm³/mol. The van der Waals surface area contributed by atoms with Crippen LogP contribution in [-0.4, -0.2) is 31.5 Å². The van der Waals surface area contributed by atoms with Gasteiger partial charge in [-0.15, -0.1) is 0 Å². The van der Waals surface area contributed by atoms with Gasteiger partial charge < -0.3 is 14.8 Å². The molecule has 6 nitrogen and oxygen atoms in total. The summed E-state index contributed by atoms with van der Waals surface area (Å²) in [6.07, 6.45) is 5.03. The van der Waals surface area contributed by atoms with Gasteiger partial charge in [-0.2, -0.15) is 0 Å².